The summed E-state index contributed by atoms with van der Waals surface area (Å²) in [5, 5.41) is 6.23. The van der Waals surface area contributed by atoms with Crippen molar-refractivity contribution in [1.82, 2.24) is 5.32 Å². The molecule has 5 nitrogen and oxygen atoms in total. The van der Waals surface area contributed by atoms with Crippen molar-refractivity contribution in [2.24, 2.45) is 0 Å². The predicted octanol–water partition coefficient (Wildman–Crippen LogP) is 4.64. The van der Waals surface area contributed by atoms with Crippen LogP contribution >= 0.6 is 11.6 Å². The second kappa shape index (κ2) is 8.37. The van der Waals surface area contributed by atoms with E-state index < -0.39 is 5.97 Å². The molecule has 6 heteroatoms. The van der Waals surface area contributed by atoms with Crippen LogP contribution in [0.4, 0.5) is 0 Å². The summed E-state index contributed by atoms with van der Waals surface area (Å²) in [5.74, 6) is -0.880. The molecule has 29 heavy (non-hydrogen) atoms. The van der Waals surface area contributed by atoms with Gasteiger partial charge in [0.15, 0.2) is 6.61 Å². The van der Waals surface area contributed by atoms with Gasteiger partial charge < -0.3 is 14.5 Å². The van der Waals surface area contributed by atoms with Gasteiger partial charge in [0.2, 0.25) is 0 Å². The first-order chi connectivity index (χ1) is 14.1. The number of amides is 1. The van der Waals surface area contributed by atoms with Crippen molar-refractivity contribution in [3.05, 3.63) is 83.1 Å². The first-order valence-corrected chi connectivity index (χ1v) is 9.53. The van der Waals surface area contributed by atoms with Crippen LogP contribution in [0, 0.1) is 0 Å². The van der Waals surface area contributed by atoms with Gasteiger partial charge in [-0.3, -0.25) is 9.59 Å². The Morgan fingerprint density at radius 2 is 1.76 bits per heavy atom. The highest BCUT2D eigenvalue weighted by Gasteiger charge is 2.15. The Kier molecular flexibility index (Phi) is 5.49. The number of rotatable bonds is 6. The molecule has 0 fully saturated rings. The van der Waals surface area contributed by atoms with Gasteiger partial charge in [-0.25, -0.2) is 0 Å². The van der Waals surface area contributed by atoms with Crippen LogP contribution in [-0.2, 0) is 27.3 Å². The molecule has 0 aliphatic carbocycles. The summed E-state index contributed by atoms with van der Waals surface area (Å²) in [6.45, 7) is -0.0752. The molecule has 1 aromatic heterocycles. The summed E-state index contributed by atoms with van der Waals surface area (Å²) >= 11 is 6.06. The number of carbonyl (C=O) groups excluding carboxylic acids is 2. The molecule has 0 aliphatic heterocycles. The van der Waals surface area contributed by atoms with Crippen molar-refractivity contribution in [3.8, 4) is 0 Å². The number of esters is 1. The second-order valence-corrected chi connectivity index (χ2v) is 7.03. The van der Waals surface area contributed by atoms with Gasteiger partial charge in [-0.2, -0.15) is 0 Å². The lowest BCUT2D eigenvalue weighted by Crippen LogP contribution is -2.28. The van der Waals surface area contributed by atoms with Crippen LogP contribution in [0.5, 0.6) is 0 Å². The second-order valence-electron chi connectivity index (χ2n) is 6.63. The number of hydrogen-bond donors (Lipinski definition) is 1. The Hall–Kier alpha value is -3.31. The van der Waals surface area contributed by atoms with E-state index in [4.69, 9.17) is 20.8 Å². The van der Waals surface area contributed by atoms with Gasteiger partial charge in [-0.1, -0.05) is 60.1 Å². The Morgan fingerprint density at radius 3 is 2.62 bits per heavy atom. The lowest BCUT2D eigenvalue weighted by atomic mass is 10.0. The minimum atomic E-state index is -0.492. The van der Waals surface area contributed by atoms with Gasteiger partial charge >= 0.3 is 5.97 Å². The van der Waals surface area contributed by atoms with Crippen molar-refractivity contribution in [2.45, 2.75) is 13.0 Å². The van der Waals surface area contributed by atoms with Gasteiger partial charge in [0.1, 0.15) is 5.58 Å². The number of ether oxygens (including phenoxy) is 1. The van der Waals surface area contributed by atoms with Crippen LogP contribution in [0.15, 0.2) is 71.3 Å². The van der Waals surface area contributed by atoms with E-state index in [1.807, 2.05) is 54.6 Å². The average Bonchev–Trinajstić information content (AvgIpc) is 3.15. The highest BCUT2D eigenvalue weighted by Crippen LogP contribution is 2.30. The molecule has 0 saturated heterocycles. The first kappa shape index (κ1) is 19.0. The Morgan fingerprint density at radius 1 is 0.966 bits per heavy atom. The maximum atomic E-state index is 12.3. The Labute approximate surface area is 172 Å². The van der Waals surface area contributed by atoms with Crippen molar-refractivity contribution in [2.75, 3.05) is 6.61 Å². The van der Waals surface area contributed by atoms with E-state index in [0.29, 0.717) is 10.6 Å². The zero-order valence-electron chi connectivity index (χ0n) is 15.5. The lowest BCUT2D eigenvalue weighted by Gasteiger charge is -2.08. The summed E-state index contributed by atoms with van der Waals surface area (Å²) in [4.78, 5) is 24.2. The maximum Gasteiger partial charge on any atom is 0.310 e. The molecule has 0 radical (unpaired) electrons. The lowest BCUT2D eigenvalue weighted by molar-refractivity contribution is -0.147. The highest BCUT2D eigenvalue weighted by molar-refractivity contribution is 6.31. The van der Waals surface area contributed by atoms with Crippen molar-refractivity contribution in [3.63, 3.8) is 0 Å². The molecule has 0 atom stereocenters. The fraction of sp³-hybridized carbons (Fsp3) is 0.130. The average molecular weight is 408 g/mol. The quantitative estimate of drug-likeness (QED) is 0.473. The molecule has 1 N–H and O–H groups in total. The predicted molar refractivity (Wildman–Crippen MR) is 112 cm³/mol. The van der Waals surface area contributed by atoms with Gasteiger partial charge in [-0.05, 0) is 28.5 Å². The largest absolute Gasteiger partial charge is 0.464 e. The molecular formula is C23H18ClNO4. The SMILES string of the molecule is O=C(COC(=O)Cc1coc2ccc3ccccc3c12)NCc1ccccc1Cl. The van der Waals surface area contributed by atoms with E-state index >= 15 is 0 Å². The van der Waals surface area contributed by atoms with E-state index in [-0.39, 0.29) is 25.5 Å². The molecule has 1 heterocycles. The standard InChI is InChI=1S/C23H18ClNO4/c24-19-8-4-2-6-16(19)12-25-21(26)14-29-22(27)11-17-13-28-20-10-9-15-5-1-3-7-18(15)23(17)20/h1-10,13H,11-12,14H2,(H,25,26). The van der Waals surface area contributed by atoms with Crippen LogP contribution < -0.4 is 5.32 Å². The number of fused-ring (bicyclic) bond motifs is 3. The third-order valence-corrected chi connectivity index (χ3v) is 5.04. The van der Waals surface area contributed by atoms with Gasteiger partial charge in [0.05, 0.1) is 12.7 Å². The summed E-state index contributed by atoms with van der Waals surface area (Å²) in [5.41, 5.74) is 2.24. The van der Waals surface area contributed by atoms with Gasteiger partial charge in [-0.15, -0.1) is 0 Å². The zero-order valence-corrected chi connectivity index (χ0v) is 16.2. The molecular weight excluding hydrogens is 390 g/mol. The van der Waals surface area contributed by atoms with Crippen LogP contribution in [0.3, 0.4) is 0 Å². The summed E-state index contributed by atoms with van der Waals surface area (Å²) < 4.78 is 10.7. The molecule has 3 aromatic carbocycles. The van der Waals surface area contributed by atoms with Crippen LogP contribution in [-0.4, -0.2) is 18.5 Å². The van der Waals surface area contributed by atoms with Crippen molar-refractivity contribution >= 4 is 45.2 Å². The van der Waals surface area contributed by atoms with E-state index in [9.17, 15) is 9.59 Å². The van der Waals surface area contributed by atoms with Crippen LogP contribution in [0.1, 0.15) is 11.1 Å². The molecule has 0 saturated carbocycles. The number of hydrogen-bond acceptors (Lipinski definition) is 4. The fourth-order valence-electron chi connectivity index (χ4n) is 3.24. The molecule has 4 aromatic rings. The van der Waals surface area contributed by atoms with E-state index in [2.05, 4.69) is 5.32 Å². The Bertz CT molecular complexity index is 1200. The van der Waals surface area contributed by atoms with E-state index in [1.165, 1.54) is 0 Å². The third kappa shape index (κ3) is 4.25. The molecule has 146 valence electrons. The number of benzene rings is 3. The van der Waals surface area contributed by atoms with Crippen LogP contribution in [0.2, 0.25) is 5.02 Å². The normalized spacial score (nSPS) is 10.9. The zero-order chi connectivity index (χ0) is 20.2. The third-order valence-electron chi connectivity index (χ3n) is 4.67. The van der Waals surface area contributed by atoms with E-state index in [1.54, 1.807) is 12.3 Å². The molecule has 0 spiro atoms. The van der Waals surface area contributed by atoms with Crippen molar-refractivity contribution < 1.29 is 18.7 Å². The molecule has 0 unspecified atom stereocenters. The topological polar surface area (TPSA) is 68.5 Å². The monoisotopic (exact) mass is 407 g/mol. The molecule has 4 rings (SSSR count). The Balaban J connectivity index is 1.37. The fourth-order valence-corrected chi connectivity index (χ4v) is 3.45. The minimum Gasteiger partial charge on any atom is -0.464 e. The number of halogens is 1. The summed E-state index contributed by atoms with van der Waals surface area (Å²) in [6, 6.07) is 19.0. The molecule has 0 aliphatic rings. The highest BCUT2D eigenvalue weighted by atomic mass is 35.5. The number of carbonyl (C=O) groups is 2. The van der Waals surface area contributed by atoms with Gasteiger partial charge in [0.25, 0.3) is 5.91 Å². The van der Waals surface area contributed by atoms with Crippen molar-refractivity contribution in [1.29, 1.82) is 0 Å². The summed E-state index contributed by atoms with van der Waals surface area (Å²) in [6.07, 6.45) is 1.59. The minimum absolute atomic E-state index is 0.0266. The molecule has 0 bridgehead atoms. The van der Waals surface area contributed by atoms with Gasteiger partial charge in [0, 0.05) is 22.5 Å². The maximum absolute atomic E-state index is 12.3. The number of nitrogens with one attached hydrogen (secondary N) is 1. The van der Waals surface area contributed by atoms with Crippen LogP contribution in [0.25, 0.3) is 21.7 Å². The van der Waals surface area contributed by atoms with E-state index in [0.717, 1.165) is 27.3 Å². The number of furan rings is 1. The smallest absolute Gasteiger partial charge is 0.310 e. The molecule has 1 amide bonds. The summed E-state index contributed by atoms with van der Waals surface area (Å²) in [7, 11) is 0. The first-order valence-electron chi connectivity index (χ1n) is 9.15.